The summed E-state index contributed by atoms with van der Waals surface area (Å²) in [6.45, 7) is 17.9. The van der Waals surface area contributed by atoms with Crippen LogP contribution in [0, 0.1) is 25.7 Å². The van der Waals surface area contributed by atoms with Crippen LogP contribution in [0.3, 0.4) is 0 Å². The van der Waals surface area contributed by atoms with Gasteiger partial charge in [-0.15, -0.1) is 0 Å². The van der Waals surface area contributed by atoms with Crippen LogP contribution < -0.4 is 18.9 Å². The first-order chi connectivity index (χ1) is 39.0. The Balaban J connectivity index is 0.000000172. The standard InChI is InChI=1S/2C34H43N3O4/c2*1-20-17-21(2)26(28(38)18-20)19-37-16-14-25-29(33(37)39)22(3)31-32(30(25)27-9-8-15-36(27)7)41-34(4,40-31)23-10-12-24(13-11-23)35(5)6/h2*8-9,15,17,23-24H,10-14,16,18-19H2,1-7H3/t2*23?,24?,34-/m10/s1. The number of allylic oxidation sites excluding steroid dienone is 6. The number of carbonyl (C=O) groups is 4. The summed E-state index contributed by atoms with van der Waals surface area (Å²) in [6, 6.07) is 9.41. The highest BCUT2D eigenvalue weighted by atomic mass is 16.7. The van der Waals surface area contributed by atoms with E-state index in [1.807, 2.05) is 90.0 Å². The number of amides is 2. The molecule has 0 N–H and O–H groups in total. The van der Waals surface area contributed by atoms with E-state index >= 15 is 0 Å². The second-order valence-corrected chi connectivity index (χ2v) is 25.9. The molecule has 14 nitrogen and oxygen atoms in total. The number of fused-ring (bicyclic) bond motifs is 4. The van der Waals surface area contributed by atoms with Gasteiger partial charge in [-0.3, -0.25) is 19.2 Å². The molecule has 14 heteroatoms. The van der Waals surface area contributed by atoms with Gasteiger partial charge in [-0.05, 0) is 180 Å². The summed E-state index contributed by atoms with van der Waals surface area (Å²) in [5.74, 6) is 2.04. The maximum Gasteiger partial charge on any atom is 0.254 e. The van der Waals surface area contributed by atoms with Crippen molar-refractivity contribution in [1.29, 1.82) is 0 Å². The maximum atomic E-state index is 14.2. The van der Waals surface area contributed by atoms with Gasteiger partial charge in [-0.2, -0.15) is 0 Å². The van der Waals surface area contributed by atoms with Gasteiger partial charge < -0.3 is 47.7 Å². The Morgan fingerprint density at radius 3 is 1.18 bits per heavy atom. The van der Waals surface area contributed by atoms with Crippen LogP contribution in [-0.2, 0) is 36.5 Å². The first-order valence-corrected chi connectivity index (χ1v) is 30.1. The molecule has 2 aromatic heterocycles. The van der Waals surface area contributed by atoms with Crippen molar-refractivity contribution in [2.75, 3.05) is 54.4 Å². The van der Waals surface area contributed by atoms with Gasteiger partial charge >= 0.3 is 0 Å². The van der Waals surface area contributed by atoms with Crippen LogP contribution in [0.25, 0.3) is 22.5 Å². The van der Waals surface area contributed by atoms with Gasteiger partial charge in [0.05, 0.1) is 22.5 Å². The molecule has 0 radical (unpaired) electrons. The quantitative estimate of drug-likeness (QED) is 0.151. The summed E-state index contributed by atoms with van der Waals surface area (Å²) in [6.07, 6.45) is 19.1. The molecule has 2 saturated carbocycles. The highest BCUT2D eigenvalue weighted by Crippen LogP contribution is 2.57. The SMILES string of the molecule is CC1=CC(C)=C(CN2CCc3c(c(C)c4c(c3-c3cccn3C)O[C@@](C)(C3CCC(N(C)C)CC3)O4)C2=O)C(=O)C1.CC1=CC(C)=C(CN2CCc3c(c(C)c4c(c3-c3cccn3C)O[C@](C)(C3CCC(N(C)C)CC3)O4)C2=O)C(=O)C1. The minimum atomic E-state index is -0.780. The Morgan fingerprint density at radius 1 is 0.512 bits per heavy atom. The van der Waals surface area contributed by atoms with Gasteiger partial charge in [0.1, 0.15) is 0 Å². The normalized spacial score (nSPS) is 26.1. The molecular weight excluding hydrogens is 1030 g/mol. The topological polar surface area (TPSA) is 128 Å². The molecule has 2 amide bonds. The van der Waals surface area contributed by atoms with E-state index < -0.39 is 11.6 Å². The summed E-state index contributed by atoms with van der Waals surface area (Å²) >= 11 is 0. The number of rotatable bonds is 10. The van der Waals surface area contributed by atoms with E-state index in [2.05, 4.69) is 85.3 Å². The fourth-order valence-electron chi connectivity index (χ4n) is 15.0. The van der Waals surface area contributed by atoms with Crippen molar-refractivity contribution in [2.45, 2.75) is 156 Å². The summed E-state index contributed by atoms with van der Waals surface area (Å²) in [5, 5.41) is 0. The molecule has 82 heavy (non-hydrogen) atoms. The van der Waals surface area contributed by atoms with Crippen molar-refractivity contribution in [3.05, 3.63) is 116 Å². The van der Waals surface area contributed by atoms with E-state index in [0.717, 1.165) is 141 Å². The van der Waals surface area contributed by atoms with Gasteiger partial charge in [0.25, 0.3) is 23.4 Å². The number of ketones is 2. The van der Waals surface area contributed by atoms with E-state index in [4.69, 9.17) is 18.9 Å². The molecule has 0 bridgehead atoms. The van der Waals surface area contributed by atoms with Crippen molar-refractivity contribution < 1.29 is 38.1 Å². The molecular formula is C68H86N6O8. The van der Waals surface area contributed by atoms with E-state index in [0.29, 0.717) is 86.6 Å². The fourth-order valence-corrected chi connectivity index (χ4v) is 15.0. The van der Waals surface area contributed by atoms with Gasteiger partial charge in [0.2, 0.25) is 0 Å². The lowest BCUT2D eigenvalue weighted by Gasteiger charge is -2.39. The smallest absolute Gasteiger partial charge is 0.254 e. The highest BCUT2D eigenvalue weighted by molar-refractivity contribution is 6.06. The van der Waals surface area contributed by atoms with Crippen LogP contribution in [-0.4, -0.2) is 130 Å². The number of benzene rings is 2. The van der Waals surface area contributed by atoms with Crippen LogP contribution in [0.5, 0.6) is 23.0 Å². The monoisotopic (exact) mass is 1110 g/mol. The van der Waals surface area contributed by atoms with E-state index in [-0.39, 0.29) is 35.2 Å². The van der Waals surface area contributed by atoms with Crippen molar-refractivity contribution in [3.8, 4) is 45.5 Å². The Labute approximate surface area is 485 Å². The van der Waals surface area contributed by atoms with Gasteiger partial charge in [0.15, 0.2) is 34.6 Å². The molecule has 4 aliphatic heterocycles. The molecule has 4 aliphatic carbocycles. The lowest BCUT2D eigenvalue weighted by molar-refractivity contribution is -0.123. The third kappa shape index (κ3) is 10.1. The van der Waals surface area contributed by atoms with Crippen molar-refractivity contribution >= 4 is 23.4 Å². The zero-order valence-electron chi connectivity index (χ0n) is 51.2. The van der Waals surface area contributed by atoms with E-state index in [1.54, 1.807) is 0 Å². The number of carbonyl (C=O) groups excluding carboxylic acids is 4. The molecule has 8 aliphatic rings. The first kappa shape index (κ1) is 57.2. The van der Waals surface area contributed by atoms with Crippen LogP contribution in [0.1, 0.15) is 149 Å². The predicted octanol–water partition coefficient (Wildman–Crippen LogP) is 11.7. The molecule has 12 rings (SSSR count). The second kappa shape index (κ2) is 21.8. The molecule has 2 atom stereocenters. The van der Waals surface area contributed by atoms with E-state index in [9.17, 15) is 19.2 Å². The lowest BCUT2D eigenvalue weighted by atomic mass is 9.81. The lowest BCUT2D eigenvalue weighted by Crippen LogP contribution is -2.46. The van der Waals surface area contributed by atoms with Crippen molar-refractivity contribution in [3.63, 3.8) is 0 Å². The van der Waals surface area contributed by atoms with Crippen LogP contribution in [0.15, 0.2) is 82.2 Å². The van der Waals surface area contributed by atoms with Crippen molar-refractivity contribution in [2.24, 2.45) is 25.9 Å². The number of ether oxygens (including phenoxy) is 4. The number of Topliss-reactive ketones (excluding diaryl/α,β-unsaturated/α-hetero) is 2. The molecule has 436 valence electrons. The molecule has 0 unspecified atom stereocenters. The largest absolute Gasteiger partial charge is 0.448 e. The Bertz CT molecular complexity index is 3200. The van der Waals surface area contributed by atoms with Gasteiger partial charge in [-0.25, -0.2) is 0 Å². The molecule has 4 aromatic rings. The zero-order chi connectivity index (χ0) is 58.4. The van der Waals surface area contributed by atoms with Gasteiger partial charge in [-0.1, -0.05) is 23.3 Å². The molecule has 2 fully saturated rings. The average Bonchev–Trinajstić information content (AvgIpc) is 2.08. The molecule has 0 spiro atoms. The minimum absolute atomic E-state index is 0.0370. The van der Waals surface area contributed by atoms with Crippen LogP contribution >= 0.6 is 0 Å². The van der Waals surface area contributed by atoms with Crippen LogP contribution in [0.2, 0.25) is 0 Å². The highest BCUT2D eigenvalue weighted by Gasteiger charge is 2.51. The number of nitrogens with zero attached hydrogens (tertiary/aromatic N) is 6. The van der Waals surface area contributed by atoms with E-state index in [1.165, 1.54) is 0 Å². The molecule has 6 heterocycles. The summed E-state index contributed by atoms with van der Waals surface area (Å²) in [4.78, 5) is 62.6. The summed E-state index contributed by atoms with van der Waals surface area (Å²) < 4.78 is 31.5. The Hall–Kier alpha value is -6.64. The third-order valence-electron chi connectivity index (χ3n) is 19.9. The maximum absolute atomic E-state index is 14.2. The minimum Gasteiger partial charge on any atom is -0.448 e. The number of aromatic nitrogens is 2. The summed E-state index contributed by atoms with van der Waals surface area (Å²) in [5.41, 5.74) is 14.6. The number of aryl methyl sites for hydroxylation is 2. The number of hydrogen-bond donors (Lipinski definition) is 0. The molecule has 2 aromatic carbocycles. The number of hydrogen-bond acceptors (Lipinski definition) is 10. The van der Waals surface area contributed by atoms with Gasteiger partial charge in [0, 0.05) is 137 Å². The van der Waals surface area contributed by atoms with Crippen molar-refractivity contribution in [1.82, 2.24) is 28.7 Å². The predicted molar refractivity (Wildman–Crippen MR) is 321 cm³/mol. The third-order valence-corrected chi connectivity index (χ3v) is 19.9. The zero-order valence-corrected chi connectivity index (χ0v) is 51.2. The molecule has 0 saturated heterocycles. The first-order valence-electron chi connectivity index (χ1n) is 30.1. The fraction of sp³-hybridized carbons (Fsp3) is 0.529. The summed E-state index contributed by atoms with van der Waals surface area (Å²) in [7, 11) is 12.7. The average molecular weight is 1120 g/mol. The van der Waals surface area contributed by atoms with Crippen LogP contribution in [0.4, 0.5) is 0 Å². The Morgan fingerprint density at radius 2 is 0.866 bits per heavy atom. The second-order valence-electron chi connectivity index (χ2n) is 25.9. The Kier molecular flexibility index (Phi) is 15.2.